The first-order chi connectivity index (χ1) is 11.6. The van der Waals surface area contributed by atoms with Gasteiger partial charge in [-0.05, 0) is 36.8 Å². The van der Waals surface area contributed by atoms with Crippen molar-refractivity contribution in [2.75, 3.05) is 30.9 Å². The average molecular weight is 327 g/mol. The van der Waals surface area contributed by atoms with E-state index in [1.165, 1.54) is 0 Å². The Morgan fingerprint density at radius 2 is 1.88 bits per heavy atom. The molecule has 6 heteroatoms. The van der Waals surface area contributed by atoms with E-state index in [9.17, 15) is 4.79 Å². The highest BCUT2D eigenvalue weighted by molar-refractivity contribution is 5.92. The standard InChI is InChI=1S/C18H25N5O/c1-4-5-6-12-19-17(24)16-11-13-20-18(22-16)21-14-7-9-15(10-8-14)23(2)3/h7-11,13H,4-6,12H2,1-3H3,(H,19,24)(H,20,21,22). The number of amides is 1. The molecule has 128 valence electrons. The molecule has 2 aromatic rings. The summed E-state index contributed by atoms with van der Waals surface area (Å²) in [5.74, 6) is 0.244. The molecular formula is C18H25N5O. The molecule has 6 nitrogen and oxygen atoms in total. The van der Waals surface area contributed by atoms with Gasteiger partial charge in [-0.1, -0.05) is 19.8 Å². The first-order valence-corrected chi connectivity index (χ1v) is 8.26. The fraction of sp³-hybridized carbons (Fsp3) is 0.389. The minimum atomic E-state index is -0.167. The van der Waals surface area contributed by atoms with Crippen molar-refractivity contribution >= 4 is 23.2 Å². The van der Waals surface area contributed by atoms with Crippen molar-refractivity contribution in [2.45, 2.75) is 26.2 Å². The molecule has 0 aliphatic rings. The molecule has 1 heterocycles. The molecule has 1 aromatic carbocycles. The Kier molecular flexibility index (Phi) is 6.54. The number of unbranched alkanes of at least 4 members (excludes halogenated alkanes) is 2. The van der Waals surface area contributed by atoms with Gasteiger partial charge in [0.2, 0.25) is 5.95 Å². The highest BCUT2D eigenvalue weighted by Crippen LogP contribution is 2.18. The van der Waals surface area contributed by atoms with Crippen molar-refractivity contribution in [2.24, 2.45) is 0 Å². The number of anilines is 3. The average Bonchev–Trinajstić information content (AvgIpc) is 2.59. The number of nitrogens with one attached hydrogen (secondary N) is 2. The predicted octanol–water partition coefficient (Wildman–Crippen LogP) is 3.21. The highest BCUT2D eigenvalue weighted by atomic mass is 16.1. The lowest BCUT2D eigenvalue weighted by molar-refractivity contribution is 0.0948. The molecule has 0 aliphatic carbocycles. The summed E-state index contributed by atoms with van der Waals surface area (Å²) in [4.78, 5) is 22.6. The Morgan fingerprint density at radius 1 is 1.12 bits per heavy atom. The van der Waals surface area contributed by atoms with Crippen molar-refractivity contribution in [3.05, 3.63) is 42.2 Å². The third-order valence-electron chi connectivity index (χ3n) is 3.59. The molecule has 0 unspecified atom stereocenters. The summed E-state index contributed by atoms with van der Waals surface area (Å²) in [6.07, 6.45) is 4.81. The number of carbonyl (C=O) groups excluding carboxylic acids is 1. The summed E-state index contributed by atoms with van der Waals surface area (Å²) in [5.41, 5.74) is 2.36. The van der Waals surface area contributed by atoms with Crippen LogP contribution in [0.3, 0.4) is 0 Å². The van der Waals surface area contributed by atoms with Crippen molar-refractivity contribution in [3.8, 4) is 0 Å². The Balaban J connectivity index is 1.98. The maximum absolute atomic E-state index is 12.1. The fourth-order valence-corrected chi connectivity index (χ4v) is 2.18. The molecule has 0 radical (unpaired) electrons. The van der Waals surface area contributed by atoms with E-state index >= 15 is 0 Å². The van der Waals surface area contributed by atoms with Crippen LogP contribution in [0.5, 0.6) is 0 Å². The summed E-state index contributed by atoms with van der Waals surface area (Å²) in [6.45, 7) is 2.81. The topological polar surface area (TPSA) is 70.2 Å². The number of nitrogens with zero attached hydrogens (tertiary/aromatic N) is 3. The Hall–Kier alpha value is -2.63. The normalized spacial score (nSPS) is 10.3. The number of carbonyl (C=O) groups is 1. The van der Waals surface area contributed by atoms with Crippen LogP contribution in [0.4, 0.5) is 17.3 Å². The SMILES string of the molecule is CCCCCNC(=O)c1ccnc(Nc2ccc(N(C)C)cc2)n1. The third-order valence-corrected chi connectivity index (χ3v) is 3.59. The molecular weight excluding hydrogens is 302 g/mol. The molecule has 0 bridgehead atoms. The number of benzene rings is 1. The molecule has 0 saturated carbocycles. The molecule has 2 rings (SSSR count). The second kappa shape index (κ2) is 8.86. The van der Waals surface area contributed by atoms with E-state index in [2.05, 4.69) is 27.5 Å². The minimum Gasteiger partial charge on any atom is -0.378 e. The van der Waals surface area contributed by atoms with Gasteiger partial charge in [-0.25, -0.2) is 9.97 Å². The number of rotatable bonds is 8. The summed E-state index contributed by atoms with van der Waals surface area (Å²) in [7, 11) is 3.99. The first-order valence-electron chi connectivity index (χ1n) is 8.26. The van der Waals surface area contributed by atoms with Crippen molar-refractivity contribution in [3.63, 3.8) is 0 Å². The predicted molar refractivity (Wildman–Crippen MR) is 97.9 cm³/mol. The summed E-state index contributed by atoms with van der Waals surface area (Å²) < 4.78 is 0. The molecule has 1 amide bonds. The van der Waals surface area contributed by atoms with E-state index in [0.717, 1.165) is 30.6 Å². The van der Waals surface area contributed by atoms with Gasteiger partial charge in [0.05, 0.1) is 0 Å². The summed E-state index contributed by atoms with van der Waals surface area (Å²) in [5, 5.41) is 6.00. The Labute approximate surface area is 143 Å². The largest absolute Gasteiger partial charge is 0.378 e. The van der Waals surface area contributed by atoms with E-state index in [1.807, 2.05) is 43.3 Å². The molecule has 0 spiro atoms. The monoisotopic (exact) mass is 327 g/mol. The maximum atomic E-state index is 12.1. The quantitative estimate of drug-likeness (QED) is 0.729. The summed E-state index contributed by atoms with van der Waals surface area (Å²) in [6, 6.07) is 9.54. The smallest absolute Gasteiger partial charge is 0.270 e. The van der Waals surface area contributed by atoms with Gasteiger partial charge in [0.1, 0.15) is 5.69 Å². The second-order valence-electron chi connectivity index (χ2n) is 5.79. The lowest BCUT2D eigenvalue weighted by Gasteiger charge is -2.13. The molecule has 24 heavy (non-hydrogen) atoms. The van der Waals surface area contributed by atoms with Crippen LogP contribution in [0, 0.1) is 0 Å². The van der Waals surface area contributed by atoms with Crippen LogP contribution in [-0.4, -0.2) is 36.5 Å². The van der Waals surface area contributed by atoms with Gasteiger partial charge in [0.25, 0.3) is 5.91 Å². The van der Waals surface area contributed by atoms with Crippen LogP contribution in [-0.2, 0) is 0 Å². The first kappa shape index (κ1) is 17.7. The zero-order valence-corrected chi connectivity index (χ0v) is 14.5. The molecule has 0 aliphatic heterocycles. The van der Waals surface area contributed by atoms with Crippen LogP contribution in [0.25, 0.3) is 0 Å². The minimum absolute atomic E-state index is 0.167. The number of hydrogen-bond acceptors (Lipinski definition) is 5. The van der Waals surface area contributed by atoms with Gasteiger partial charge >= 0.3 is 0 Å². The maximum Gasteiger partial charge on any atom is 0.270 e. The zero-order chi connectivity index (χ0) is 17.4. The second-order valence-corrected chi connectivity index (χ2v) is 5.79. The Bertz CT molecular complexity index is 655. The van der Waals surface area contributed by atoms with Gasteiger partial charge in [0, 0.05) is 38.2 Å². The molecule has 1 aromatic heterocycles. The van der Waals surface area contributed by atoms with Crippen LogP contribution in [0.1, 0.15) is 36.7 Å². The lowest BCUT2D eigenvalue weighted by Crippen LogP contribution is -2.25. The molecule has 0 fully saturated rings. The van der Waals surface area contributed by atoms with E-state index in [4.69, 9.17) is 0 Å². The van der Waals surface area contributed by atoms with Gasteiger partial charge < -0.3 is 15.5 Å². The van der Waals surface area contributed by atoms with Crippen LogP contribution in [0.15, 0.2) is 36.5 Å². The van der Waals surface area contributed by atoms with Crippen LogP contribution >= 0.6 is 0 Å². The highest BCUT2D eigenvalue weighted by Gasteiger charge is 2.08. The third kappa shape index (κ3) is 5.22. The van der Waals surface area contributed by atoms with E-state index in [-0.39, 0.29) is 5.91 Å². The zero-order valence-electron chi connectivity index (χ0n) is 14.5. The molecule has 0 atom stereocenters. The molecule has 0 saturated heterocycles. The number of aromatic nitrogens is 2. The van der Waals surface area contributed by atoms with Crippen LogP contribution in [0.2, 0.25) is 0 Å². The lowest BCUT2D eigenvalue weighted by atomic mass is 10.2. The Morgan fingerprint density at radius 3 is 2.54 bits per heavy atom. The fourth-order valence-electron chi connectivity index (χ4n) is 2.18. The van der Waals surface area contributed by atoms with Gasteiger partial charge in [0.15, 0.2) is 0 Å². The molecule has 2 N–H and O–H groups in total. The van der Waals surface area contributed by atoms with Gasteiger partial charge in [-0.15, -0.1) is 0 Å². The van der Waals surface area contributed by atoms with E-state index < -0.39 is 0 Å². The van der Waals surface area contributed by atoms with Crippen molar-refractivity contribution < 1.29 is 4.79 Å². The van der Waals surface area contributed by atoms with E-state index in [0.29, 0.717) is 18.2 Å². The van der Waals surface area contributed by atoms with Gasteiger partial charge in [-0.2, -0.15) is 0 Å². The van der Waals surface area contributed by atoms with Crippen LogP contribution < -0.4 is 15.5 Å². The van der Waals surface area contributed by atoms with Crippen molar-refractivity contribution in [1.29, 1.82) is 0 Å². The van der Waals surface area contributed by atoms with E-state index in [1.54, 1.807) is 12.3 Å². The summed E-state index contributed by atoms with van der Waals surface area (Å²) >= 11 is 0. The number of hydrogen-bond donors (Lipinski definition) is 2. The van der Waals surface area contributed by atoms with Gasteiger partial charge in [-0.3, -0.25) is 4.79 Å². The van der Waals surface area contributed by atoms with Crippen molar-refractivity contribution in [1.82, 2.24) is 15.3 Å².